The SMILES string of the molecule is CCC[C@H](C)Nc1nc(N(Cc2ccc(OC)cc2OC)Cc2ccc(OC)cc2OC)c2nccn2n1. The van der Waals surface area contributed by atoms with Gasteiger partial charge in [-0.25, -0.2) is 9.50 Å². The van der Waals surface area contributed by atoms with Crippen molar-refractivity contribution in [1.29, 1.82) is 0 Å². The quantitative estimate of drug-likeness (QED) is 0.262. The van der Waals surface area contributed by atoms with Gasteiger partial charge in [-0.15, -0.1) is 5.10 Å². The molecule has 0 aliphatic carbocycles. The Balaban J connectivity index is 1.81. The van der Waals surface area contributed by atoms with E-state index in [0.29, 0.717) is 30.5 Å². The molecule has 10 heteroatoms. The average molecular weight is 521 g/mol. The van der Waals surface area contributed by atoms with Crippen LogP contribution in [0.25, 0.3) is 5.65 Å². The Bertz CT molecular complexity index is 1300. The zero-order chi connectivity index (χ0) is 27.1. The van der Waals surface area contributed by atoms with Gasteiger partial charge in [0.1, 0.15) is 23.0 Å². The van der Waals surface area contributed by atoms with Gasteiger partial charge in [-0.1, -0.05) is 13.3 Å². The van der Waals surface area contributed by atoms with Gasteiger partial charge in [0, 0.05) is 54.8 Å². The molecule has 0 bridgehead atoms. The molecule has 1 N–H and O–H groups in total. The standard InChI is InChI=1S/C28H36N6O4/c1-7-8-19(2)30-28-31-27(26-29-13-14-34(26)32-28)33(17-20-9-11-22(35-3)15-24(20)37-5)18-21-10-12-23(36-4)16-25(21)38-6/h9-16,19H,7-8,17-18H2,1-6H3,(H,30,32)/t19-/m0/s1. The lowest BCUT2D eigenvalue weighted by Crippen LogP contribution is -2.26. The smallest absolute Gasteiger partial charge is 0.243 e. The number of fused-ring (bicyclic) bond motifs is 1. The number of ether oxygens (including phenoxy) is 4. The molecule has 202 valence electrons. The first-order chi connectivity index (χ1) is 18.5. The van der Waals surface area contributed by atoms with Crippen LogP contribution in [0.3, 0.4) is 0 Å². The van der Waals surface area contributed by atoms with Crippen molar-refractivity contribution < 1.29 is 18.9 Å². The Morgan fingerprint density at radius 1 is 0.895 bits per heavy atom. The molecule has 0 saturated carbocycles. The molecule has 38 heavy (non-hydrogen) atoms. The van der Waals surface area contributed by atoms with Gasteiger partial charge in [0.05, 0.1) is 28.4 Å². The van der Waals surface area contributed by atoms with E-state index in [1.807, 2.05) is 42.6 Å². The predicted molar refractivity (Wildman–Crippen MR) is 148 cm³/mol. The molecule has 0 spiro atoms. The molecule has 1 atom stereocenters. The first kappa shape index (κ1) is 26.8. The minimum Gasteiger partial charge on any atom is -0.497 e. The van der Waals surface area contributed by atoms with Crippen LogP contribution in [-0.2, 0) is 13.1 Å². The number of imidazole rings is 1. The summed E-state index contributed by atoms with van der Waals surface area (Å²) in [5.41, 5.74) is 2.59. The van der Waals surface area contributed by atoms with E-state index in [1.54, 1.807) is 39.2 Å². The Kier molecular flexibility index (Phi) is 8.73. The monoisotopic (exact) mass is 520 g/mol. The van der Waals surface area contributed by atoms with E-state index in [0.717, 1.165) is 47.0 Å². The third kappa shape index (κ3) is 6.01. The van der Waals surface area contributed by atoms with Gasteiger partial charge in [-0.05, 0) is 37.6 Å². The first-order valence-corrected chi connectivity index (χ1v) is 12.6. The predicted octanol–water partition coefficient (Wildman–Crippen LogP) is 4.97. The van der Waals surface area contributed by atoms with Crippen molar-refractivity contribution >= 4 is 17.4 Å². The molecule has 0 amide bonds. The van der Waals surface area contributed by atoms with E-state index in [1.165, 1.54) is 0 Å². The third-order valence-electron chi connectivity index (χ3n) is 6.34. The highest BCUT2D eigenvalue weighted by atomic mass is 16.5. The highest BCUT2D eigenvalue weighted by molar-refractivity contribution is 5.66. The van der Waals surface area contributed by atoms with Crippen molar-refractivity contribution in [2.45, 2.75) is 45.8 Å². The van der Waals surface area contributed by atoms with Crippen molar-refractivity contribution in [1.82, 2.24) is 19.6 Å². The maximum Gasteiger partial charge on any atom is 0.243 e. The summed E-state index contributed by atoms with van der Waals surface area (Å²) in [5.74, 6) is 4.12. The van der Waals surface area contributed by atoms with E-state index >= 15 is 0 Å². The molecule has 0 aliphatic heterocycles. The summed E-state index contributed by atoms with van der Waals surface area (Å²) in [6.07, 6.45) is 5.63. The van der Waals surface area contributed by atoms with E-state index in [9.17, 15) is 0 Å². The molecule has 4 aromatic rings. The summed E-state index contributed by atoms with van der Waals surface area (Å²) in [5, 5.41) is 8.09. The van der Waals surface area contributed by atoms with Crippen molar-refractivity contribution in [2.75, 3.05) is 38.7 Å². The molecule has 0 saturated heterocycles. The van der Waals surface area contributed by atoms with Crippen LogP contribution in [0.4, 0.5) is 11.8 Å². The van der Waals surface area contributed by atoms with Crippen LogP contribution in [0.1, 0.15) is 37.8 Å². The summed E-state index contributed by atoms with van der Waals surface area (Å²) in [7, 11) is 6.59. The summed E-state index contributed by atoms with van der Waals surface area (Å²) >= 11 is 0. The lowest BCUT2D eigenvalue weighted by Gasteiger charge is -2.27. The Morgan fingerprint density at radius 3 is 2.03 bits per heavy atom. The lowest BCUT2D eigenvalue weighted by molar-refractivity contribution is 0.389. The Labute approximate surface area is 223 Å². The zero-order valence-corrected chi connectivity index (χ0v) is 22.9. The minimum atomic E-state index is 0.227. The molecule has 2 heterocycles. The van der Waals surface area contributed by atoms with E-state index in [-0.39, 0.29) is 6.04 Å². The van der Waals surface area contributed by atoms with Crippen LogP contribution >= 0.6 is 0 Å². The number of nitrogens with one attached hydrogen (secondary N) is 1. The molecule has 0 aliphatic rings. The summed E-state index contributed by atoms with van der Waals surface area (Å²) in [6.45, 7) is 5.28. The molecule has 0 unspecified atom stereocenters. The molecule has 4 rings (SSSR count). The fraction of sp³-hybridized carbons (Fsp3) is 0.393. The van der Waals surface area contributed by atoms with Crippen LogP contribution in [0.5, 0.6) is 23.0 Å². The van der Waals surface area contributed by atoms with Crippen LogP contribution in [0, 0.1) is 0 Å². The fourth-order valence-electron chi connectivity index (χ4n) is 4.39. The van der Waals surface area contributed by atoms with Gasteiger partial charge >= 0.3 is 0 Å². The molecule has 0 fully saturated rings. The molecule has 2 aromatic carbocycles. The number of nitrogens with zero attached hydrogens (tertiary/aromatic N) is 5. The fourth-order valence-corrected chi connectivity index (χ4v) is 4.39. The van der Waals surface area contributed by atoms with Crippen LogP contribution in [-0.4, -0.2) is 54.1 Å². The van der Waals surface area contributed by atoms with Gasteiger partial charge in [0.2, 0.25) is 5.95 Å². The minimum absolute atomic E-state index is 0.227. The van der Waals surface area contributed by atoms with E-state index in [4.69, 9.17) is 23.9 Å². The maximum absolute atomic E-state index is 5.71. The number of anilines is 2. The lowest BCUT2D eigenvalue weighted by atomic mass is 10.1. The first-order valence-electron chi connectivity index (χ1n) is 12.6. The maximum atomic E-state index is 5.71. The number of benzene rings is 2. The second-order valence-electron chi connectivity index (χ2n) is 9.00. The largest absolute Gasteiger partial charge is 0.497 e. The van der Waals surface area contributed by atoms with Gasteiger partial charge in [-0.3, -0.25) is 0 Å². The summed E-state index contributed by atoms with van der Waals surface area (Å²) in [4.78, 5) is 11.7. The van der Waals surface area contributed by atoms with Gasteiger partial charge in [-0.2, -0.15) is 4.98 Å². The Hall–Kier alpha value is -4.21. The summed E-state index contributed by atoms with van der Waals surface area (Å²) < 4.78 is 24.0. The number of methoxy groups -OCH3 is 4. The number of aromatic nitrogens is 4. The topological polar surface area (TPSA) is 95.3 Å². The van der Waals surface area contributed by atoms with Crippen LogP contribution < -0.4 is 29.2 Å². The van der Waals surface area contributed by atoms with Crippen molar-refractivity contribution in [3.05, 3.63) is 59.9 Å². The highest BCUT2D eigenvalue weighted by Gasteiger charge is 2.21. The number of rotatable bonds is 13. The number of hydrogen-bond donors (Lipinski definition) is 1. The van der Waals surface area contributed by atoms with Crippen molar-refractivity contribution in [3.8, 4) is 23.0 Å². The molecular formula is C28H36N6O4. The molecule has 2 aromatic heterocycles. The second-order valence-corrected chi connectivity index (χ2v) is 9.00. The molecule has 10 nitrogen and oxygen atoms in total. The normalized spacial score (nSPS) is 11.7. The second kappa shape index (κ2) is 12.4. The average Bonchev–Trinajstić information content (AvgIpc) is 3.41. The van der Waals surface area contributed by atoms with Crippen LogP contribution in [0.2, 0.25) is 0 Å². The van der Waals surface area contributed by atoms with Gasteiger partial charge in [0.25, 0.3) is 0 Å². The van der Waals surface area contributed by atoms with Gasteiger partial charge in [0.15, 0.2) is 11.5 Å². The highest BCUT2D eigenvalue weighted by Crippen LogP contribution is 2.32. The zero-order valence-electron chi connectivity index (χ0n) is 22.9. The van der Waals surface area contributed by atoms with E-state index in [2.05, 4.69) is 34.1 Å². The van der Waals surface area contributed by atoms with Crippen molar-refractivity contribution in [3.63, 3.8) is 0 Å². The molecular weight excluding hydrogens is 484 g/mol. The summed E-state index contributed by atoms with van der Waals surface area (Å²) in [6, 6.07) is 11.8. The van der Waals surface area contributed by atoms with E-state index < -0.39 is 0 Å². The number of hydrogen-bond acceptors (Lipinski definition) is 9. The van der Waals surface area contributed by atoms with Gasteiger partial charge < -0.3 is 29.2 Å². The van der Waals surface area contributed by atoms with Crippen LogP contribution in [0.15, 0.2) is 48.8 Å². The molecule has 0 radical (unpaired) electrons. The third-order valence-corrected chi connectivity index (χ3v) is 6.34. The Morgan fingerprint density at radius 2 is 1.50 bits per heavy atom. The van der Waals surface area contributed by atoms with Crippen molar-refractivity contribution in [2.24, 2.45) is 0 Å².